The van der Waals surface area contributed by atoms with Crippen molar-refractivity contribution in [3.63, 3.8) is 0 Å². The normalized spacial score (nSPS) is 20.1. The van der Waals surface area contributed by atoms with Crippen molar-refractivity contribution in [3.05, 3.63) is 0 Å². The van der Waals surface area contributed by atoms with Crippen molar-refractivity contribution in [1.29, 1.82) is 0 Å². The van der Waals surface area contributed by atoms with Gasteiger partial charge < -0.3 is 5.32 Å². The third-order valence-corrected chi connectivity index (χ3v) is 4.55. The average molecular weight is 249 g/mol. The fourth-order valence-electron chi connectivity index (χ4n) is 1.96. The molecule has 0 atom stereocenters. The van der Waals surface area contributed by atoms with Gasteiger partial charge in [0.25, 0.3) is 10.2 Å². The average Bonchev–Trinajstić information content (AvgIpc) is 2.28. The van der Waals surface area contributed by atoms with Crippen molar-refractivity contribution in [2.75, 3.05) is 33.2 Å². The van der Waals surface area contributed by atoms with Gasteiger partial charge in [0.15, 0.2) is 0 Å². The van der Waals surface area contributed by atoms with Gasteiger partial charge in [0.1, 0.15) is 0 Å². The quantitative estimate of drug-likeness (QED) is 0.705. The smallest absolute Gasteiger partial charge is 0.279 e. The maximum atomic E-state index is 11.8. The van der Waals surface area contributed by atoms with Crippen LogP contribution < -0.4 is 10.0 Å². The Balaban J connectivity index is 2.40. The molecule has 0 radical (unpaired) electrons. The van der Waals surface area contributed by atoms with E-state index in [1.165, 1.54) is 0 Å². The van der Waals surface area contributed by atoms with Crippen molar-refractivity contribution in [2.45, 2.75) is 26.2 Å². The molecular weight excluding hydrogens is 226 g/mol. The molecule has 1 rings (SSSR count). The second-order valence-electron chi connectivity index (χ2n) is 4.30. The molecule has 0 saturated carbocycles. The molecule has 1 fully saturated rings. The Morgan fingerprint density at radius 3 is 2.44 bits per heavy atom. The molecule has 0 aromatic rings. The second-order valence-corrected chi connectivity index (χ2v) is 6.05. The van der Waals surface area contributed by atoms with E-state index < -0.39 is 10.2 Å². The third kappa shape index (κ3) is 4.01. The summed E-state index contributed by atoms with van der Waals surface area (Å²) in [7, 11) is -1.28. The van der Waals surface area contributed by atoms with Gasteiger partial charge in [-0.2, -0.15) is 12.7 Å². The van der Waals surface area contributed by atoms with Crippen molar-refractivity contribution < 1.29 is 8.42 Å². The first-order valence-electron chi connectivity index (χ1n) is 5.99. The van der Waals surface area contributed by atoms with Crippen LogP contribution in [0.1, 0.15) is 26.2 Å². The van der Waals surface area contributed by atoms with E-state index in [1.807, 2.05) is 14.0 Å². The topological polar surface area (TPSA) is 61.4 Å². The van der Waals surface area contributed by atoms with Gasteiger partial charge in [0.05, 0.1) is 0 Å². The van der Waals surface area contributed by atoms with Crippen LogP contribution in [0.15, 0.2) is 0 Å². The van der Waals surface area contributed by atoms with Crippen LogP contribution in [0.5, 0.6) is 0 Å². The van der Waals surface area contributed by atoms with Crippen molar-refractivity contribution >= 4 is 10.2 Å². The van der Waals surface area contributed by atoms with Crippen LogP contribution in [0, 0.1) is 5.92 Å². The molecule has 1 saturated heterocycles. The highest BCUT2D eigenvalue weighted by molar-refractivity contribution is 7.87. The first-order chi connectivity index (χ1) is 7.60. The summed E-state index contributed by atoms with van der Waals surface area (Å²) >= 11 is 0. The largest absolute Gasteiger partial charge is 0.319 e. The lowest BCUT2D eigenvalue weighted by molar-refractivity contribution is 0.268. The molecule has 0 spiro atoms. The second kappa shape index (κ2) is 6.54. The minimum absolute atomic E-state index is 0.527. The van der Waals surface area contributed by atoms with Crippen LogP contribution in [0.2, 0.25) is 0 Å². The van der Waals surface area contributed by atoms with Gasteiger partial charge in [-0.05, 0) is 38.8 Å². The summed E-state index contributed by atoms with van der Waals surface area (Å²) in [6.07, 6.45) is 2.73. The van der Waals surface area contributed by atoms with Gasteiger partial charge in [-0.3, -0.25) is 0 Å². The maximum Gasteiger partial charge on any atom is 0.279 e. The standard InChI is InChI=1S/C10H23N3O2S/c1-3-6-12-16(14,15)13-7-4-10(5-8-13)9-11-2/h10-12H,3-9H2,1-2H3. The summed E-state index contributed by atoms with van der Waals surface area (Å²) in [6, 6.07) is 0. The molecule has 96 valence electrons. The lowest BCUT2D eigenvalue weighted by Crippen LogP contribution is -2.46. The zero-order valence-electron chi connectivity index (χ0n) is 10.2. The van der Waals surface area contributed by atoms with E-state index in [1.54, 1.807) is 4.31 Å². The van der Waals surface area contributed by atoms with E-state index >= 15 is 0 Å². The highest BCUT2D eigenvalue weighted by atomic mass is 32.2. The Morgan fingerprint density at radius 2 is 1.94 bits per heavy atom. The van der Waals surface area contributed by atoms with E-state index in [9.17, 15) is 8.42 Å². The zero-order chi connectivity index (χ0) is 12.0. The molecule has 0 aliphatic carbocycles. The number of hydrogen-bond donors (Lipinski definition) is 2. The maximum absolute atomic E-state index is 11.8. The van der Waals surface area contributed by atoms with Crippen LogP contribution in [-0.4, -0.2) is 45.9 Å². The lowest BCUT2D eigenvalue weighted by Gasteiger charge is -2.31. The lowest BCUT2D eigenvalue weighted by atomic mass is 9.98. The zero-order valence-corrected chi connectivity index (χ0v) is 11.0. The molecular formula is C10H23N3O2S. The van der Waals surface area contributed by atoms with Crippen molar-refractivity contribution in [1.82, 2.24) is 14.3 Å². The molecule has 16 heavy (non-hydrogen) atoms. The monoisotopic (exact) mass is 249 g/mol. The highest BCUT2D eigenvalue weighted by Gasteiger charge is 2.26. The summed E-state index contributed by atoms with van der Waals surface area (Å²) < 4.78 is 27.8. The summed E-state index contributed by atoms with van der Waals surface area (Å²) in [5, 5.41) is 3.14. The fraction of sp³-hybridized carbons (Fsp3) is 1.00. The van der Waals surface area contributed by atoms with Crippen LogP contribution in [0.25, 0.3) is 0 Å². The van der Waals surface area contributed by atoms with E-state index in [-0.39, 0.29) is 0 Å². The molecule has 6 heteroatoms. The molecule has 5 nitrogen and oxygen atoms in total. The molecule has 0 amide bonds. The predicted molar refractivity (Wildman–Crippen MR) is 65.4 cm³/mol. The molecule has 0 unspecified atom stereocenters. The summed E-state index contributed by atoms with van der Waals surface area (Å²) in [4.78, 5) is 0. The number of hydrogen-bond acceptors (Lipinski definition) is 3. The molecule has 1 aliphatic heterocycles. The van der Waals surface area contributed by atoms with Gasteiger partial charge in [0, 0.05) is 19.6 Å². The van der Waals surface area contributed by atoms with Crippen LogP contribution >= 0.6 is 0 Å². The molecule has 0 bridgehead atoms. The Bertz CT molecular complexity index is 284. The molecule has 0 aromatic heterocycles. The Morgan fingerprint density at radius 1 is 1.31 bits per heavy atom. The van der Waals surface area contributed by atoms with Crippen LogP contribution in [0.4, 0.5) is 0 Å². The summed E-state index contributed by atoms with van der Waals surface area (Å²) in [6.45, 7) is 4.76. The Kier molecular flexibility index (Phi) is 5.68. The van der Waals surface area contributed by atoms with Crippen LogP contribution in [0.3, 0.4) is 0 Å². The van der Waals surface area contributed by atoms with Crippen molar-refractivity contribution in [2.24, 2.45) is 5.92 Å². The third-order valence-electron chi connectivity index (χ3n) is 2.94. The highest BCUT2D eigenvalue weighted by Crippen LogP contribution is 2.18. The van der Waals surface area contributed by atoms with E-state index in [4.69, 9.17) is 0 Å². The van der Waals surface area contributed by atoms with Gasteiger partial charge in [-0.15, -0.1) is 0 Å². The van der Waals surface area contributed by atoms with Crippen LogP contribution in [-0.2, 0) is 10.2 Å². The number of piperidine rings is 1. The number of nitrogens with one attached hydrogen (secondary N) is 2. The fourth-order valence-corrected chi connectivity index (χ4v) is 3.30. The first kappa shape index (κ1) is 13.9. The van der Waals surface area contributed by atoms with E-state index in [0.717, 1.165) is 25.8 Å². The van der Waals surface area contributed by atoms with Gasteiger partial charge in [-0.25, -0.2) is 4.72 Å². The number of nitrogens with zero attached hydrogens (tertiary/aromatic N) is 1. The van der Waals surface area contributed by atoms with Crippen molar-refractivity contribution in [3.8, 4) is 0 Å². The minimum atomic E-state index is -3.22. The van der Waals surface area contributed by atoms with Gasteiger partial charge >= 0.3 is 0 Å². The minimum Gasteiger partial charge on any atom is -0.319 e. The molecule has 0 aromatic carbocycles. The Hall–Kier alpha value is -0.170. The van der Waals surface area contributed by atoms with E-state index in [0.29, 0.717) is 25.6 Å². The molecule has 1 aliphatic rings. The number of rotatable bonds is 6. The SMILES string of the molecule is CCCNS(=O)(=O)N1CCC(CNC)CC1. The molecule has 2 N–H and O–H groups in total. The first-order valence-corrected chi connectivity index (χ1v) is 7.43. The Labute approximate surface area is 98.8 Å². The van der Waals surface area contributed by atoms with Gasteiger partial charge in [-0.1, -0.05) is 6.92 Å². The summed E-state index contributed by atoms with van der Waals surface area (Å²) in [5.41, 5.74) is 0. The molecule has 1 heterocycles. The van der Waals surface area contributed by atoms with Gasteiger partial charge in [0.2, 0.25) is 0 Å². The predicted octanol–water partition coefficient (Wildman–Crippen LogP) is 0.162. The van der Waals surface area contributed by atoms with E-state index in [2.05, 4.69) is 10.0 Å². The summed E-state index contributed by atoms with van der Waals surface area (Å²) in [5.74, 6) is 0.614.